The molecule has 0 N–H and O–H groups in total. The van der Waals surface area contributed by atoms with Gasteiger partial charge in [-0.25, -0.2) is 0 Å². The van der Waals surface area contributed by atoms with Crippen LogP contribution in [0.15, 0.2) is 71.3 Å². The third-order valence-corrected chi connectivity index (χ3v) is 7.27. The van der Waals surface area contributed by atoms with Crippen molar-refractivity contribution in [2.45, 2.75) is 46.1 Å². The summed E-state index contributed by atoms with van der Waals surface area (Å²) in [7, 11) is 0. The monoisotopic (exact) mass is 521 g/mol. The maximum absolute atomic E-state index is 8.75. The molecule has 0 saturated carbocycles. The number of hydrogen-bond donors (Lipinski definition) is 0. The average molecular weight is 522 g/mol. The van der Waals surface area contributed by atoms with Crippen LogP contribution in [0.25, 0.3) is 22.0 Å². The Hall–Kier alpha value is -3.58. The van der Waals surface area contributed by atoms with E-state index in [0.717, 1.165) is 60.3 Å². The van der Waals surface area contributed by atoms with Gasteiger partial charge >= 0.3 is 0 Å². The molecule has 0 amide bonds. The van der Waals surface area contributed by atoms with Crippen LogP contribution in [-0.4, -0.2) is 44.5 Å². The molecule has 6 nitrogen and oxygen atoms in total. The van der Waals surface area contributed by atoms with Gasteiger partial charge in [-0.1, -0.05) is 67.9 Å². The van der Waals surface area contributed by atoms with E-state index in [9.17, 15) is 0 Å². The van der Waals surface area contributed by atoms with Gasteiger partial charge in [0, 0.05) is 24.7 Å². The first kappa shape index (κ1) is 26.0. The zero-order chi connectivity index (χ0) is 26.2. The number of halogens is 1. The van der Waals surface area contributed by atoms with E-state index in [-0.39, 0.29) is 14.2 Å². The lowest BCUT2D eigenvalue weighted by atomic mass is 10.1. The molecule has 0 radical (unpaired) electrons. The molecule has 3 aromatic carbocycles. The molecule has 1 aromatic heterocycles. The van der Waals surface area contributed by atoms with E-state index in [1.54, 1.807) is 0 Å². The van der Waals surface area contributed by atoms with Crippen molar-refractivity contribution < 1.29 is 18.7 Å². The lowest BCUT2D eigenvalue weighted by molar-refractivity contribution is 0.174. The van der Waals surface area contributed by atoms with Gasteiger partial charge in [0.2, 0.25) is 12.7 Å². The van der Waals surface area contributed by atoms with Crippen LogP contribution < -0.4 is 14.4 Å². The summed E-state index contributed by atoms with van der Waals surface area (Å²) in [6.07, 6.45) is 6.44. The summed E-state index contributed by atoms with van der Waals surface area (Å²) in [6.45, 7) is 5.46. The Morgan fingerprint density at radius 1 is 0.868 bits per heavy atom. The molecule has 6 rings (SSSR count). The fraction of sp³-hybridized carbons (Fsp3) is 0.387. The third kappa shape index (κ3) is 6.27. The number of fused-ring (bicyclic) bond motifs is 2. The number of benzene rings is 3. The second-order valence-electron chi connectivity index (χ2n) is 9.83. The molecule has 4 aromatic rings. The van der Waals surface area contributed by atoms with Crippen LogP contribution >= 0.6 is 0 Å². The molecule has 2 aliphatic rings. The summed E-state index contributed by atoms with van der Waals surface area (Å²) in [5.74, 6) is 2.42. The van der Waals surface area contributed by atoms with E-state index in [0.29, 0.717) is 0 Å². The Labute approximate surface area is 226 Å². The highest BCUT2D eigenvalue weighted by Crippen LogP contribution is 2.34. The minimum Gasteiger partial charge on any atom is -0.454 e. The summed E-state index contributed by atoms with van der Waals surface area (Å²) < 4.78 is 30.0. The van der Waals surface area contributed by atoms with Crippen molar-refractivity contribution in [3.8, 4) is 22.8 Å². The standard InChI is InChI=1S/C30H33N3O3.CH4.FH/c1-2-6-15-32(14-5-1)16-7-17-33(21-23-10-13-28-29(18-23)35-22-34-28)30-20-27(31-36-30)26-12-11-24-8-3-4-9-25(24)19-26;;/h3-4,8-13,18-20H,1-2,5-7,14-17,21-22H2;1H4;1H/i/hT. The van der Waals surface area contributed by atoms with Crippen LogP contribution in [0.2, 0.25) is 0 Å². The fourth-order valence-electron chi connectivity index (χ4n) is 5.27. The maximum atomic E-state index is 8.75. The summed E-state index contributed by atoms with van der Waals surface area (Å²) >= 11 is 0. The van der Waals surface area contributed by atoms with E-state index in [4.69, 9.17) is 18.7 Å². The predicted molar refractivity (Wildman–Crippen MR) is 152 cm³/mol. The van der Waals surface area contributed by atoms with Gasteiger partial charge in [-0.05, 0) is 73.4 Å². The highest BCUT2D eigenvalue weighted by molar-refractivity contribution is 5.86. The molecule has 0 unspecified atom stereocenters. The summed E-state index contributed by atoms with van der Waals surface area (Å²) in [6, 6.07) is 23.1. The first-order valence-corrected chi connectivity index (χ1v) is 13.1. The maximum Gasteiger partial charge on any atom is 0.269 e. The Bertz CT molecular complexity index is 1320. The third-order valence-electron chi connectivity index (χ3n) is 7.27. The summed E-state index contributed by atoms with van der Waals surface area (Å²) in [4.78, 5) is 4.92. The quantitative estimate of drug-likeness (QED) is 0.243. The first-order valence-electron chi connectivity index (χ1n) is 13.5. The van der Waals surface area contributed by atoms with E-state index in [1.807, 2.05) is 6.07 Å². The molecule has 0 bridgehead atoms. The predicted octanol–water partition coefficient (Wildman–Crippen LogP) is 7.28. The molecule has 202 valence electrons. The van der Waals surface area contributed by atoms with E-state index < -0.39 is 0 Å². The number of rotatable bonds is 8. The molecule has 38 heavy (non-hydrogen) atoms. The van der Waals surface area contributed by atoms with Crippen molar-refractivity contribution in [2.24, 2.45) is 0 Å². The average Bonchev–Trinajstić information content (AvgIpc) is 3.58. The summed E-state index contributed by atoms with van der Waals surface area (Å²) in [5, 5.41) is 6.88. The first-order chi connectivity index (χ1) is 18.8. The number of anilines is 1. The van der Waals surface area contributed by atoms with Gasteiger partial charge in [0.15, 0.2) is 11.5 Å². The lowest BCUT2D eigenvalue weighted by Gasteiger charge is -2.24. The topological polar surface area (TPSA) is 51.0 Å². The highest BCUT2D eigenvalue weighted by atomic mass is 19.0. The molecular formula is C31H38FN3O3. The van der Waals surface area contributed by atoms with Crippen LogP contribution in [0.3, 0.4) is 0 Å². The highest BCUT2D eigenvalue weighted by Gasteiger charge is 2.19. The van der Waals surface area contributed by atoms with Crippen molar-refractivity contribution in [3.05, 3.63) is 72.3 Å². The largest absolute Gasteiger partial charge is 0.454 e. The zero-order valence-corrected chi connectivity index (χ0v) is 21.1. The molecule has 1 fully saturated rings. The smallest absolute Gasteiger partial charge is 0.269 e. The van der Waals surface area contributed by atoms with Gasteiger partial charge in [-0.15, -0.1) is 0 Å². The van der Waals surface area contributed by atoms with Crippen LogP contribution in [0.5, 0.6) is 11.5 Å². The molecule has 1 saturated heterocycles. The Balaban J connectivity index is 0.00000115. The Morgan fingerprint density at radius 3 is 2.50 bits per heavy atom. The normalized spacial score (nSPS) is 15.1. The van der Waals surface area contributed by atoms with Gasteiger partial charge < -0.3 is 23.8 Å². The molecule has 2 aliphatic heterocycles. The number of hydrogen-bond acceptors (Lipinski definition) is 6. The van der Waals surface area contributed by atoms with Crippen molar-refractivity contribution in [3.63, 3.8) is 0 Å². The van der Waals surface area contributed by atoms with Crippen LogP contribution in [-0.2, 0) is 6.54 Å². The van der Waals surface area contributed by atoms with Crippen LogP contribution in [0.4, 0.5) is 10.6 Å². The second-order valence-corrected chi connectivity index (χ2v) is 9.83. The number of aromatic nitrogens is 1. The van der Waals surface area contributed by atoms with Crippen molar-refractivity contribution in [1.82, 2.24) is 10.1 Å². The molecule has 0 spiro atoms. The van der Waals surface area contributed by atoms with Crippen molar-refractivity contribution >= 4 is 16.7 Å². The van der Waals surface area contributed by atoms with Gasteiger partial charge in [0.05, 0.1) is 0 Å². The van der Waals surface area contributed by atoms with Gasteiger partial charge in [-0.2, -0.15) is 0 Å². The Morgan fingerprint density at radius 2 is 1.66 bits per heavy atom. The van der Waals surface area contributed by atoms with E-state index >= 15 is 0 Å². The molecule has 3 heterocycles. The minimum absolute atomic E-state index is 0. The van der Waals surface area contributed by atoms with Crippen LogP contribution in [0, 0.1) is 0 Å². The van der Waals surface area contributed by atoms with E-state index in [1.165, 1.54) is 49.5 Å². The summed E-state index contributed by atoms with van der Waals surface area (Å²) in [5.41, 5.74) is 3.09. The van der Waals surface area contributed by atoms with Gasteiger partial charge in [0.25, 0.3) is 1.45 Å². The second kappa shape index (κ2) is 12.8. The van der Waals surface area contributed by atoms with Gasteiger partial charge in [0.1, 0.15) is 5.69 Å². The van der Waals surface area contributed by atoms with E-state index in [2.05, 4.69) is 77.1 Å². The zero-order valence-electron chi connectivity index (χ0n) is 22.1. The molecule has 7 heteroatoms. The van der Waals surface area contributed by atoms with Crippen molar-refractivity contribution in [2.75, 3.05) is 37.9 Å². The van der Waals surface area contributed by atoms with Gasteiger partial charge in [-0.3, -0.25) is 4.72 Å². The molecular weight excluding hydrogens is 481 g/mol. The number of nitrogens with zero attached hydrogens (tertiary/aromatic N) is 3. The lowest BCUT2D eigenvalue weighted by Crippen LogP contribution is -2.30. The number of likely N-dealkylation sites (tertiary alicyclic amines) is 1. The Kier molecular flexibility index (Phi) is 8.76. The van der Waals surface area contributed by atoms with Crippen LogP contribution in [0.1, 0.15) is 45.1 Å². The van der Waals surface area contributed by atoms with Crippen molar-refractivity contribution in [1.29, 1.82) is 1.45 Å². The number of ether oxygens (including phenoxy) is 2. The molecule has 0 atom stereocenters. The minimum atomic E-state index is 0. The SMILES string of the molecule is C.[3H]F.c1ccc2cc(-c3cc(N(CCCN4CCCCCC4)Cc4ccc5c(c4)OCO5)on3)ccc2c1. The molecule has 0 aliphatic carbocycles. The fourth-order valence-corrected chi connectivity index (χ4v) is 5.27.